The van der Waals surface area contributed by atoms with Gasteiger partial charge in [0.05, 0.1) is 23.6 Å². The Balaban J connectivity index is 1.14. The number of hydrogen-bond acceptors (Lipinski definition) is 7. The van der Waals surface area contributed by atoms with E-state index in [-0.39, 0.29) is 0 Å². The third-order valence-electron chi connectivity index (χ3n) is 14.0. The van der Waals surface area contributed by atoms with E-state index in [1.807, 2.05) is 98.4 Å². The molecule has 0 unspecified atom stereocenters. The SMILES string of the molecule is Cc1ccnc(C2(c3cccc(C4(c5cccc(C6(n7[c-][n+](C)cc7)c7ccncc7-c7cnccc76)c5)c5ccncc5-c5cnccc54)c3)c3ccncc3-c3cnccc32)c1. The van der Waals surface area contributed by atoms with Crippen molar-refractivity contribution in [1.82, 2.24) is 39.5 Å². The molecule has 0 amide bonds. The molecule has 2 aromatic carbocycles. The van der Waals surface area contributed by atoms with Gasteiger partial charge in [0, 0.05) is 131 Å². The molecule has 64 heavy (non-hydrogen) atoms. The Morgan fingerprint density at radius 2 is 0.859 bits per heavy atom. The van der Waals surface area contributed by atoms with E-state index >= 15 is 0 Å². The number of hydrogen-bond donors (Lipinski definition) is 0. The van der Waals surface area contributed by atoms with Gasteiger partial charge in [0.2, 0.25) is 6.33 Å². The Morgan fingerprint density at radius 3 is 1.31 bits per heavy atom. The van der Waals surface area contributed by atoms with Crippen molar-refractivity contribution in [3.8, 4) is 33.4 Å². The third kappa shape index (κ3) is 4.57. The zero-order valence-electron chi connectivity index (χ0n) is 34.9. The highest BCUT2D eigenvalue weighted by molar-refractivity contribution is 5.88. The molecule has 9 nitrogen and oxygen atoms in total. The summed E-state index contributed by atoms with van der Waals surface area (Å²) in [5, 5.41) is 0. The molecule has 8 heterocycles. The smallest absolute Gasteiger partial charge is 0.204 e. The van der Waals surface area contributed by atoms with Crippen LogP contribution in [0.3, 0.4) is 0 Å². The lowest BCUT2D eigenvalue weighted by atomic mass is 9.64. The molecule has 0 spiro atoms. The first-order valence-electron chi connectivity index (χ1n) is 21.4. The highest BCUT2D eigenvalue weighted by Gasteiger charge is 2.53. The Labute approximate surface area is 369 Å². The van der Waals surface area contributed by atoms with Gasteiger partial charge in [-0.25, -0.2) is 0 Å². The molecule has 13 rings (SSSR count). The molecule has 0 aliphatic heterocycles. The van der Waals surface area contributed by atoms with Crippen LogP contribution in [0.25, 0.3) is 33.4 Å². The average Bonchev–Trinajstić information content (AvgIpc) is 4.09. The Hall–Kier alpha value is -8.30. The number of nitrogens with zero attached hydrogens (tertiary/aromatic N) is 9. The molecule has 0 saturated carbocycles. The van der Waals surface area contributed by atoms with Crippen molar-refractivity contribution in [3.05, 3.63) is 263 Å². The van der Waals surface area contributed by atoms with Crippen LogP contribution >= 0.6 is 0 Å². The minimum Gasteiger partial charge on any atom is -0.354 e. The number of aromatic nitrogens is 9. The molecule has 302 valence electrons. The van der Waals surface area contributed by atoms with E-state index < -0.39 is 16.4 Å². The second kappa shape index (κ2) is 13.3. The van der Waals surface area contributed by atoms with Crippen molar-refractivity contribution >= 4 is 0 Å². The van der Waals surface area contributed by atoms with Crippen molar-refractivity contribution in [2.45, 2.75) is 23.3 Å². The van der Waals surface area contributed by atoms with Crippen LogP contribution in [0.5, 0.6) is 0 Å². The maximum Gasteiger partial charge on any atom is 0.204 e. The normalized spacial score (nSPS) is 15.1. The number of rotatable bonds is 6. The predicted octanol–water partition coefficient (Wildman–Crippen LogP) is 8.73. The number of aryl methyl sites for hydroxylation is 2. The van der Waals surface area contributed by atoms with E-state index in [0.717, 1.165) is 100 Å². The maximum absolute atomic E-state index is 5.20. The van der Waals surface area contributed by atoms with Crippen molar-refractivity contribution in [3.63, 3.8) is 0 Å². The van der Waals surface area contributed by atoms with E-state index in [2.05, 4.69) is 141 Å². The van der Waals surface area contributed by atoms with E-state index in [4.69, 9.17) is 15.0 Å². The summed E-state index contributed by atoms with van der Waals surface area (Å²) in [4.78, 5) is 33.1. The Kier molecular flexibility index (Phi) is 7.58. The number of fused-ring (bicyclic) bond motifs is 9. The van der Waals surface area contributed by atoms with Crippen molar-refractivity contribution in [1.29, 1.82) is 0 Å². The van der Waals surface area contributed by atoms with Crippen molar-refractivity contribution in [2.75, 3.05) is 0 Å². The lowest BCUT2D eigenvalue weighted by molar-refractivity contribution is -0.675. The Morgan fingerprint density at radius 1 is 0.453 bits per heavy atom. The number of pyridine rings is 7. The number of imidazole rings is 1. The molecule has 0 N–H and O–H groups in total. The molecule has 0 radical (unpaired) electrons. The largest absolute Gasteiger partial charge is 0.354 e. The fraction of sp³-hybridized carbons (Fsp3) is 0.0909. The van der Waals surface area contributed by atoms with E-state index in [1.54, 1.807) is 0 Å². The summed E-state index contributed by atoms with van der Waals surface area (Å²) in [5.41, 5.74) is 17.2. The minimum absolute atomic E-state index is 0.772. The van der Waals surface area contributed by atoms with Gasteiger partial charge in [0.25, 0.3) is 0 Å². The molecule has 10 aromatic rings. The average molecular weight is 824 g/mol. The molecule has 8 aromatic heterocycles. The van der Waals surface area contributed by atoms with Crippen LogP contribution in [-0.4, -0.2) is 39.5 Å². The van der Waals surface area contributed by atoms with Gasteiger partial charge in [-0.1, -0.05) is 42.5 Å². The lowest BCUT2D eigenvalue weighted by Gasteiger charge is -2.38. The summed E-state index contributed by atoms with van der Waals surface area (Å²) >= 11 is 0. The zero-order valence-corrected chi connectivity index (χ0v) is 34.9. The van der Waals surface area contributed by atoms with Crippen LogP contribution < -0.4 is 4.57 Å². The molecule has 9 heteroatoms. The fourth-order valence-corrected chi connectivity index (χ4v) is 11.6. The highest BCUT2D eigenvalue weighted by atomic mass is 15.2. The van der Waals surface area contributed by atoms with E-state index in [9.17, 15) is 0 Å². The van der Waals surface area contributed by atoms with Gasteiger partial charge in [-0.3, -0.25) is 34.9 Å². The van der Waals surface area contributed by atoms with Crippen LogP contribution in [0.1, 0.15) is 66.9 Å². The summed E-state index contributed by atoms with van der Waals surface area (Å²) in [6, 6.07) is 35.6. The van der Waals surface area contributed by atoms with Crippen LogP contribution in [0.4, 0.5) is 0 Å². The second-order valence-electron chi connectivity index (χ2n) is 17.0. The summed E-state index contributed by atoms with van der Waals surface area (Å²) in [7, 11) is 2.01. The summed E-state index contributed by atoms with van der Waals surface area (Å²) in [5.74, 6) is 0. The van der Waals surface area contributed by atoms with Gasteiger partial charge in [-0.05, 0) is 118 Å². The lowest BCUT2D eigenvalue weighted by Crippen LogP contribution is -2.38. The fourth-order valence-electron chi connectivity index (χ4n) is 11.6. The van der Waals surface area contributed by atoms with E-state index in [0.29, 0.717) is 0 Å². The summed E-state index contributed by atoms with van der Waals surface area (Å²) < 4.78 is 4.19. The minimum atomic E-state index is -0.808. The van der Waals surface area contributed by atoms with E-state index in [1.165, 1.54) is 0 Å². The van der Waals surface area contributed by atoms with Crippen molar-refractivity contribution in [2.24, 2.45) is 7.05 Å². The molecule has 3 aliphatic rings. The van der Waals surface area contributed by atoms with Gasteiger partial charge in [0.1, 0.15) is 0 Å². The van der Waals surface area contributed by atoms with Crippen LogP contribution in [-0.2, 0) is 23.4 Å². The van der Waals surface area contributed by atoms with Gasteiger partial charge in [-0.15, -0.1) is 0 Å². The molecule has 0 atom stereocenters. The van der Waals surface area contributed by atoms with Gasteiger partial charge >= 0.3 is 0 Å². The first-order chi connectivity index (χ1) is 31.5. The van der Waals surface area contributed by atoms with Gasteiger partial charge in [-0.2, -0.15) is 0 Å². The topological polar surface area (TPSA) is 99.0 Å². The quantitative estimate of drug-likeness (QED) is 0.122. The van der Waals surface area contributed by atoms with Gasteiger partial charge in [0.15, 0.2) is 5.54 Å². The summed E-state index contributed by atoms with van der Waals surface area (Å²) in [6.07, 6.45) is 33.0. The summed E-state index contributed by atoms with van der Waals surface area (Å²) in [6.45, 7) is 2.13. The molecule has 3 aliphatic carbocycles. The highest BCUT2D eigenvalue weighted by Crippen LogP contribution is 2.60. The molecular formula is C55H37N9. The van der Waals surface area contributed by atoms with Crippen molar-refractivity contribution < 1.29 is 4.57 Å². The van der Waals surface area contributed by atoms with Gasteiger partial charge < -0.3 is 9.13 Å². The first kappa shape index (κ1) is 36.4. The van der Waals surface area contributed by atoms with Crippen LogP contribution in [0, 0.1) is 13.3 Å². The Bertz CT molecular complexity index is 3400. The molecule has 0 bridgehead atoms. The zero-order chi connectivity index (χ0) is 42.6. The second-order valence-corrected chi connectivity index (χ2v) is 17.0. The predicted molar refractivity (Wildman–Crippen MR) is 242 cm³/mol. The van der Waals surface area contributed by atoms with Crippen LogP contribution in [0.2, 0.25) is 0 Å². The molecular weight excluding hydrogens is 787 g/mol. The van der Waals surface area contributed by atoms with Crippen LogP contribution in [0.15, 0.2) is 190 Å². The maximum atomic E-state index is 5.20. The standard InChI is InChI=1S/C55H37N9/c1-35-9-22-62-52(25-35)54(48-12-18-58-30-42(48)43-31-59-19-13-49(43)54)38-7-3-5-36(26-38)53(46-10-16-56-28-40(46)41-29-57-17-11-47(41)53)37-6-4-8-39(27-37)55(64-24-23-63(2)34-64)50-14-20-60-32-44(50)45-33-61-21-15-51(45)55/h3-33H,1-2H3. The first-order valence-corrected chi connectivity index (χ1v) is 21.4. The third-order valence-corrected chi connectivity index (χ3v) is 14.0. The monoisotopic (exact) mass is 823 g/mol. The molecule has 0 fully saturated rings. The molecule has 0 saturated heterocycles. The number of benzene rings is 2.